The zero-order chi connectivity index (χ0) is 30.7. The summed E-state index contributed by atoms with van der Waals surface area (Å²) >= 11 is 7.08. The Morgan fingerprint density at radius 2 is 0.907 bits per heavy atom. The Kier molecular flexibility index (Phi) is 12.2. The van der Waals surface area contributed by atoms with Gasteiger partial charge in [0, 0.05) is 35.1 Å². The molecule has 4 nitrogen and oxygen atoms in total. The third-order valence-electron chi connectivity index (χ3n) is 6.72. The number of nitrogens with zero attached hydrogens (tertiary/aromatic N) is 2. The fraction of sp³-hybridized carbons (Fsp3) is 0.167. The molecule has 2 atom stereocenters. The van der Waals surface area contributed by atoms with Crippen molar-refractivity contribution in [3.8, 4) is 0 Å². The van der Waals surface area contributed by atoms with Crippen LogP contribution in [-0.2, 0) is 9.09 Å². The van der Waals surface area contributed by atoms with Crippen molar-refractivity contribution in [1.82, 2.24) is 0 Å². The molecule has 0 amide bonds. The summed E-state index contributed by atoms with van der Waals surface area (Å²) in [6.07, 6.45) is 0.598. The molecule has 0 N–H and O–H groups in total. The lowest BCUT2D eigenvalue weighted by atomic mass is 10.0. The van der Waals surface area contributed by atoms with E-state index in [-0.39, 0.29) is 6.61 Å². The van der Waals surface area contributed by atoms with Crippen molar-refractivity contribution in [2.24, 2.45) is 9.98 Å². The van der Waals surface area contributed by atoms with E-state index in [0.717, 1.165) is 33.7 Å². The van der Waals surface area contributed by atoms with Crippen molar-refractivity contribution in [2.75, 3.05) is 6.61 Å². The van der Waals surface area contributed by atoms with Crippen LogP contribution in [0, 0.1) is 0 Å². The van der Waals surface area contributed by atoms with Crippen molar-refractivity contribution in [2.45, 2.75) is 31.3 Å². The summed E-state index contributed by atoms with van der Waals surface area (Å²) in [5.41, 5.74) is 5.13. The molecular formula is C36H35Br2N2O2P. The Hall–Kier alpha value is -3.15. The summed E-state index contributed by atoms with van der Waals surface area (Å²) in [4.78, 5) is 10.5. The molecule has 0 fully saturated rings. The molecule has 2 unspecified atom stereocenters. The molecule has 0 saturated carbocycles. The molecular weight excluding hydrogens is 683 g/mol. The molecule has 0 aromatic heterocycles. The van der Waals surface area contributed by atoms with Gasteiger partial charge in [-0.25, -0.2) is 0 Å². The average molecular weight is 718 g/mol. The second-order valence-corrected chi connectivity index (χ2v) is 14.9. The van der Waals surface area contributed by atoms with Crippen molar-refractivity contribution < 1.29 is 9.09 Å². The maximum atomic E-state index is 15.5. The van der Waals surface area contributed by atoms with Gasteiger partial charge in [0.05, 0.1) is 18.0 Å². The van der Waals surface area contributed by atoms with E-state index in [1.807, 2.05) is 128 Å². The van der Waals surface area contributed by atoms with E-state index in [1.54, 1.807) is 0 Å². The van der Waals surface area contributed by atoms with E-state index in [2.05, 4.69) is 45.0 Å². The molecule has 0 heterocycles. The van der Waals surface area contributed by atoms with Gasteiger partial charge in [-0.3, -0.25) is 14.5 Å². The zero-order valence-electron chi connectivity index (χ0n) is 24.2. The third kappa shape index (κ3) is 8.93. The first kappa shape index (κ1) is 32.8. The van der Waals surface area contributed by atoms with Gasteiger partial charge in [0.1, 0.15) is 11.6 Å². The minimum absolute atomic E-state index is 0.233. The van der Waals surface area contributed by atoms with Crippen LogP contribution in [0.15, 0.2) is 153 Å². The first-order valence-corrected chi connectivity index (χ1v) is 17.4. The maximum absolute atomic E-state index is 15.5. The highest BCUT2D eigenvalue weighted by Gasteiger charge is 2.43. The highest BCUT2D eigenvalue weighted by Crippen LogP contribution is 2.61. The number of hydrogen-bond donors (Lipinski definition) is 0. The first-order chi connectivity index (χ1) is 20.8. The van der Waals surface area contributed by atoms with Gasteiger partial charge in [-0.1, -0.05) is 166 Å². The number of aliphatic imine (C=N–C) groups is 2. The van der Waals surface area contributed by atoms with Crippen LogP contribution in [0.1, 0.15) is 42.0 Å². The molecule has 4 aromatic rings. The second-order valence-electron chi connectivity index (χ2n) is 9.89. The van der Waals surface area contributed by atoms with Gasteiger partial charge in [-0.15, -0.1) is 0 Å². The Balaban J connectivity index is 1.97. The molecule has 7 heteroatoms. The largest absolute Gasteiger partial charge is 0.326 e. The van der Waals surface area contributed by atoms with E-state index in [4.69, 9.17) is 14.5 Å². The Bertz CT molecular complexity index is 1410. The molecule has 4 aromatic carbocycles. The highest BCUT2D eigenvalue weighted by molar-refractivity contribution is 9.12. The van der Waals surface area contributed by atoms with Crippen molar-refractivity contribution in [1.29, 1.82) is 0 Å². The molecule has 0 saturated heterocycles. The maximum Gasteiger partial charge on any atom is 0.251 e. The minimum atomic E-state index is -3.69. The minimum Gasteiger partial charge on any atom is -0.326 e. The van der Waals surface area contributed by atoms with E-state index in [9.17, 15) is 0 Å². The zero-order valence-corrected chi connectivity index (χ0v) is 28.2. The predicted octanol–water partition coefficient (Wildman–Crippen LogP) is 10.6. The number of rotatable bonds is 14. The molecule has 0 aliphatic heterocycles. The molecule has 0 aliphatic rings. The van der Waals surface area contributed by atoms with Crippen molar-refractivity contribution in [3.05, 3.63) is 166 Å². The first-order valence-electron chi connectivity index (χ1n) is 14.1. The second kappa shape index (κ2) is 16.1. The van der Waals surface area contributed by atoms with Crippen molar-refractivity contribution >= 4 is 50.7 Å². The molecule has 0 aliphatic carbocycles. The summed E-state index contributed by atoms with van der Waals surface area (Å²) in [6.45, 7) is 10.3. The number of hydrogen-bond acceptors (Lipinski definition) is 4. The lowest BCUT2D eigenvalue weighted by molar-refractivity contribution is 0.317. The standard InChI is InChI=1S/C36H35Br2N2O2P/c1-4-42-43(41,33(25-27(2)37)39-35(29-17-9-5-10-18-29)30-19-11-6-12-20-30)34(26-28(3)38)40-36(31-21-13-7-14-22-31)32-23-15-8-16-24-32/h5-24,33-34H,2-4,25-26H2,1H3. The van der Waals surface area contributed by atoms with Crippen molar-refractivity contribution in [3.63, 3.8) is 0 Å². The molecule has 4 rings (SSSR count). The van der Waals surface area contributed by atoms with Gasteiger partial charge in [0.15, 0.2) is 0 Å². The highest BCUT2D eigenvalue weighted by atomic mass is 79.9. The van der Waals surface area contributed by atoms with Crippen LogP contribution in [-0.4, -0.2) is 29.6 Å². The van der Waals surface area contributed by atoms with Crippen LogP contribution in [0.4, 0.5) is 0 Å². The summed E-state index contributed by atoms with van der Waals surface area (Å²) in [6, 6.07) is 39.8. The molecule has 220 valence electrons. The SMILES string of the molecule is C=C(Br)CC(N=C(c1ccccc1)c1ccccc1)P(=O)(OCC)C(CC(=C)Br)N=C(c1ccccc1)c1ccccc1. The summed E-state index contributed by atoms with van der Waals surface area (Å²) in [5.74, 6) is -1.55. The molecule has 0 radical (unpaired) electrons. The van der Waals surface area contributed by atoms with Gasteiger partial charge >= 0.3 is 0 Å². The van der Waals surface area contributed by atoms with Gasteiger partial charge in [0.25, 0.3) is 7.37 Å². The van der Waals surface area contributed by atoms with E-state index in [0.29, 0.717) is 21.8 Å². The van der Waals surface area contributed by atoms with Gasteiger partial charge in [0.2, 0.25) is 0 Å². The van der Waals surface area contributed by atoms with Crippen LogP contribution in [0.25, 0.3) is 0 Å². The van der Waals surface area contributed by atoms with Crippen LogP contribution >= 0.6 is 39.2 Å². The third-order valence-corrected chi connectivity index (χ3v) is 10.3. The Labute approximate surface area is 272 Å². The van der Waals surface area contributed by atoms with Crippen LogP contribution in [0.5, 0.6) is 0 Å². The van der Waals surface area contributed by atoms with Gasteiger partial charge in [-0.2, -0.15) is 0 Å². The Morgan fingerprint density at radius 1 is 0.628 bits per heavy atom. The Morgan fingerprint density at radius 3 is 1.14 bits per heavy atom. The quantitative estimate of drug-likeness (QED) is 0.0963. The molecule has 43 heavy (non-hydrogen) atoms. The van der Waals surface area contributed by atoms with E-state index < -0.39 is 18.9 Å². The monoisotopic (exact) mass is 716 g/mol. The molecule has 0 spiro atoms. The predicted molar refractivity (Wildman–Crippen MR) is 189 cm³/mol. The lowest BCUT2D eigenvalue weighted by Crippen LogP contribution is -2.23. The fourth-order valence-corrected chi connectivity index (χ4v) is 8.55. The van der Waals surface area contributed by atoms with Crippen LogP contribution in [0.2, 0.25) is 0 Å². The number of halogens is 2. The normalized spacial score (nSPS) is 13.7. The van der Waals surface area contributed by atoms with E-state index in [1.165, 1.54) is 0 Å². The summed E-state index contributed by atoms with van der Waals surface area (Å²) < 4.78 is 23.2. The van der Waals surface area contributed by atoms with Gasteiger partial charge in [-0.05, 0) is 15.9 Å². The van der Waals surface area contributed by atoms with Gasteiger partial charge < -0.3 is 4.52 Å². The smallest absolute Gasteiger partial charge is 0.251 e. The molecule has 0 bridgehead atoms. The summed E-state index contributed by atoms with van der Waals surface area (Å²) in [5, 5.41) is 0. The lowest BCUT2D eigenvalue weighted by Gasteiger charge is -2.31. The van der Waals surface area contributed by atoms with Crippen LogP contribution < -0.4 is 0 Å². The van der Waals surface area contributed by atoms with Crippen LogP contribution in [0.3, 0.4) is 0 Å². The van der Waals surface area contributed by atoms with E-state index >= 15 is 4.57 Å². The average Bonchev–Trinajstić information content (AvgIpc) is 3.02. The number of benzene rings is 4. The topological polar surface area (TPSA) is 51.0 Å². The fourth-order valence-electron chi connectivity index (χ4n) is 4.79. The summed E-state index contributed by atoms with van der Waals surface area (Å²) in [7, 11) is -3.69.